The van der Waals surface area contributed by atoms with E-state index in [1.165, 1.54) is 11.3 Å². The zero-order chi connectivity index (χ0) is 9.26. The Labute approximate surface area is 92.5 Å². The van der Waals surface area contributed by atoms with Gasteiger partial charge < -0.3 is 0 Å². The molecule has 0 saturated heterocycles. The molecular weight excluding hydrogens is 274 g/mol. The van der Waals surface area contributed by atoms with Crippen LogP contribution in [0.15, 0.2) is 22.2 Å². The largest absolute Gasteiger partial charge is 0.222 e. The van der Waals surface area contributed by atoms with Gasteiger partial charge in [-0.1, -0.05) is 0 Å². The molecule has 2 aromatic rings. The molecule has 0 bridgehead atoms. The van der Waals surface area contributed by atoms with Crippen molar-refractivity contribution in [2.45, 2.75) is 5.88 Å². The van der Waals surface area contributed by atoms with E-state index in [4.69, 9.17) is 11.6 Å². The number of halogens is 2. The van der Waals surface area contributed by atoms with Gasteiger partial charge >= 0.3 is 0 Å². The van der Waals surface area contributed by atoms with Crippen molar-refractivity contribution in [2.24, 2.45) is 0 Å². The first-order valence-corrected chi connectivity index (χ1v) is 5.71. The average Bonchev–Trinajstić information content (AvgIpc) is 2.71. The smallest absolute Gasteiger partial charge is 0.210 e. The number of thiazole rings is 1. The summed E-state index contributed by atoms with van der Waals surface area (Å²) in [5.74, 6) is 0.443. The molecule has 2 rings (SSSR count). The normalized spacial score (nSPS) is 10.6. The first-order chi connectivity index (χ1) is 6.29. The highest BCUT2D eigenvalue weighted by Gasteiger charge is 2.03. The zero-order valence-corrected chi connectivity index (χ0v) is 9.60. The summed E-state index contributed by atoms with van der Waals surface area (Å²) in [6.45, 7) is 0. The van der Waals surface area contributed by atoms with Crippen LogP contribution in [0, 0.1) is 0 Å². The second-order valence-electron chi connectivity index (χ2n) is 2.36. The predicted molar refractivity (Wildman–Crippen MR) is 56.5 cm³/mol. The van der Waals surface area contributed by atoms with Crippen LogP contribution in [-0.4, -0.2) is 14.8 Å². The van der Waals surface area contributed by atoms with Crippen LogP contribution in [0.25, 0.3) is 5.13 Å². The van der Waals surface area contributed by atoms with Crippen LogP contribution in [0.3, 0.4) is 0 Å². The second-order valence-corrected chi connectivity index (χ2v) is 4.38. The average molecular weight is 279 g/mol. The van der Waals surface area contributed by atoms with Crippen molar-refractivity contribution in [3.8, 4) is 5.13 Å². The molecule has 3 nitrogen and oxygen atoms in total. The Morgan fingerprint density at radius 1 is 1.62 bits per heavy atom. The van der Waals surface area contributed by atoms with E-state index in [9.17, 15) is 0 Å². The maximum atomic E-state index is 5.64. The molecule has 0 fully saturated rings. The highest BCUT2D eigenvalue weighted by Crippen LogP contribution is 2.17. The number of hydrogen-bond donors (Lipinski definition) is 0. The molecule has 0 amide bonds. The molecule has 0 aromatic carbocycles. The van der Waals surface area contributed by atoms with Gasteiger partial charge in [0.1, 0.15) is 0 Å². The minimum atomic E-state index is 0.443. The van der Waals surface area contributed by atoms with Gasteiger partial charge in [-0.15, -0.1) is 22.9 Å². The van der Waals surface area contributed by atoms with Crippen LogP contribution in [0.2, 0.25) is 0 Å². The van der Waals surface area contributed by atoms with Crippen LogP contribution in [0.1, 0.15) is 5.69 Å². The van der Waals surface area contributed by atoms with E-state index in [-0.39, 0.29) is 0 Å². The third kappa shape index (κ3) is 1.92. The molecular formula is C7H5BrClN3S. The number of nitrogens with zero attached hydrogens (tertiary/aromatic N) is 3. The van der Waals surface area contributed by atoms with Gasteiger partial charge in [0, 0.05) is 11.6 Å². The highest BCUT2D eigenvalue weighted by molar-refractivity contribution is 9.10. The van der Waals surface area contributed by atoms with Crippen molar-refractivity contribution in [3.05, 3.63) is 27.9 Å². The lowest BCUT2D eigenvalue weighted by Crippen LogP contribution is -1.92. The fourth-order valence-corrected chi connectivity index (χ4v) is 2.14. The number of alkyl halides is 1. The van der Waals surface area contributed by atoms with Crippen molar-refractivity contribution in [2.75, 3.05) is 0 Å². The molecule has 0 aliphatic rings. The van der Waals surface area contributed by atoms with Crippen LogP contribution >= 0.6 is 38.9 Å². The molecule has 0 atom stereocenters. The minimum absolute atomic E-state index is 0.443. The number of hydrogen-bond acceptors (Lipinski definition) is 3. The molecule has 0 spiro atoms. The van der Waals surface area contributed by atoms with Gasteiger partial charge in [0.15, 0.2) is 0 Å². The molecule has 0 unspecified atom stereocenters. The van der Waals surface area contributed by atoms with E-state index in [2.05, 4.69) is 26.0 Å². The molecule has 6 heteroatoms. The van der Waals surface area contributed by atoms with Gasteiger partial charge in [-0.05, 0) is 15.9 Å². The second kappa shape index (κ2) is 3.77. The van der Waals surface area contributed by atoms with Gasteiger partial charge in [-0.25, -0.2) is 9.67 Å². The van der Waals surface area contributed by atoms with Crippen molar-refractivity contribution in [3.63, 3.8) is 0 Å². The first-order valence-electron chi connectivity index (χ1n) is 3.50. The summed E-state index contributed by atoms with van der Waals surface area (Å²) in [6, 6.07) is 0. The molecule has 0 aliphatic heterocycles. The summed E-state index contributed by atoms with van der Waals surface area (Å²) >= 11 is 10.5. The third-order valence-corrected chi connectivity index (χ3v) is 2.99. The summed E-state index contributed by atoms with van der Waals surface area (Å²) in [5.41, 5.74) is 0.883. The zero-order valence-electron chi connectivity index (χ0n) is 6.44. The Kier molecular flexibility index (Phi) is 2.66. The first kappa shape index (κ1) is 9.18. The molecule has 2 aromatic heterocycles. The minimum Gasteiger partial charge on any atom is -0.222 e. The van der Waals surface area contributed by atoms with Crippen molar-refractivity contribution in [1.82, 2.24) is 14.8 Å². The SMILES string of the molecule is ClCc1csc(-n2cc(Br)cn2)n1. The Morgan fingerprint density at radius 3 is 3.00 bits per heavy atom. The maximum absolute atomic E-state index is 5.64. The fraction of sp³-hybridized carbons (Fsp3) is 0.143. The Hall–Kier alpha value is -0.390. The summed E-state index contributed by atoms with van der Waals surface area (Å²) < 4.78 is 2.65. The molecule has 68 valence electrons. The lowest BCUT2D eigenvalue weighted by molar-refractivity contribution is 0.864. The fourth-order valence-electron chi connectivity index (χ4n) is 0.868. The van der Waals surface area contributed by atoms with Crippen LogP contribution in [-0.2, 0) is 5.88 Å². The summed E-state index contributed by atoms with van der Waals surface area (Å²) in [5, 5.41) is 6.87. The molecule has 2 heterocycles. The lowest BCUT2D eigenvalue weighted by atomic mass is 10.6. The van der Waals surface area contributed by atoms with Crippen molar-refractivity contribution in [1.29, 1.82) is 0 Å². The van der Waals surface area contributed by atoms with Crippen LogP contribution < -0.4 is 0 Å². The van der Waals surface area contributed by atoms with Gasteiger partial charge in [0.2, 0.25) is 5.13 Å². The topological polar surface area (TPSA) is 30.7 Å². The maximum Gasteiger partial charge on any atom is 0.210 e. The summed E-state index contributed by atoms with van der Waals surface area (Å²) in [6.07, 6.45) is 3.58. The number of rotatable bonds is 2. The Balaban J connectivity index is 2.35. The van der Waals surface area contributed by atoms with Crippen molar-refractivity contribution >= 4 is 38.9 Å². The van der Waals surface area contributed by atoms with Crippen LogP contribution in [0.4, 0.5) is 0 Å². The van der Waals surface area contributed by atoms with Gasteiger partial charge in [-0.2, -0.15) is 5.10 Å². The van der Waals surface area contributed by atoms with E-state index < -0.39 is 0 Å². The molecule has 0 radical (unpaired) electrons. The van der Waals surface area contributed by atoms with E-state index in [0.29, 0.717) is 5.88 Å². The van der Waals surface area contributed by atoms with E-state index in [0.717, 1.165) is 15.3 Å². The van der Waals surface area contributed by atoms with Crippen LogP contribution in [0.5, 0.6) is 0 Å². The highest BCUT2D eigenvalue weighted by atomic mass is 79.9. The van der Waals surface area contributed by atoms with E-state index >= 15 is 0 Å². The van der Waals surface area contributed by atoms with Gasteiger partial charge in [-0.3, -0.25) is 0 Å². The molecule has 13 heavy (non-hydrogen) atoms. The lowest BCUT2D eigenvalue weighted by Gasteiger charge is -1.91. The van der Waals surface area contributed by atoms with Crippen molar-refractivity contribution < 1.29 is 0 Å². The standard InChI is InChI=1S/C7H5BrClN3S/c8-5-2-10-12(3-5)7-11-6(1-9)4-13-7/h2-4H,1H2. The third-order valence-electron chi connectivity index (χ3n) is 1.42. The number of aromatic nitrogens is 3. The van der Waals surface area contributed by atoms with E-state index in [1.54, 1.807) is 10.9 Å². The quantitative estimate of drug-likeness (QED) is 0.791. The molecule has 0 N–H and O–H groups in total. The van der Waals surface area contributed by atoms with Gasteiger partial charge in [0.25, 0.3) is 0 Å². The Bertz CT molecular complexity index is 411. The summed E-state index contributed by atoms with van der Waals surface area (Å²) in [7, 11) is 0. The Morgan fingerprint density at radius 2 is 2.46 bits per heavy atom. The molecule has 0 aliphatic carbocycles. The van der Waals surface area contributed by atoms with Gasteiger partial charge in [0.05, 0.1) is 22.2 Å². The monoisotopic (exact) mass is 277 g/mol. The molecule has 0 saturated carbocycles. The summed E-state index contributed by atoms with van der Waals surface area (Å²) in [4.78, 5) is 4.28. The predicted octanol–water partition coefficient (Wildman–Crippen LogP) is 2.83. The van der Waals surface area contributed by atoms with E-state index in [1.807, 2.05) is 11.6 Å².